The van der Waals surface area contributed by atoms with Gasteiger partial charge < -0.3 is 31.7 Å². The molecular formula is C22H37N5O4. The van der Waals surface area contributed by atoms with Gasteiger partial charge in [0.15, 0.2) is 0 Å². The number of urea groups is 1. The predicted molar refractivity (Wildman–Crippen MR) is 121 cm³/mol. The monoisotopic (exact) mass is 435 g/mol. The minimum atomic E-state index is -0.754. The summed E-state index contributed by atoms with van der Waals surface area (Å²) in [4.78, 5) is 36.7. The second kappa shape index (κ2) is 13.6. The molecule has 0 saturated carbocycles. The first-order valence-corrected chi connectivity index (χ1v) is 10.6. The number of anilines is 1. The van der Waals surface area contributed by atoms with Crippen LogP contribution in [0.25, 0.3) is 0 Å². The fourth-order valence-corrected chi connectivity index (χ4v) is 3.06. The predicted octanol–water partition coefficient (Wildman–Crippen LogP) is 1.73. The lowest BCUT2D eigenvalue weighted by molar-refractivity contribution is -0.129. The molecule has 6 N–H and O–H groups in total. The van der Waals surface area contributed by atoms with Crippen LogP contribution in [0, 0.1) is 5.92 Å². The molecule has 1 rings (SSSR count). The van der Waals surface area contributed by atoms with Crippen LogP contribution in [0.2, 0.25) is 0 Å². The maximum atomic E-state index is 12.9. The van der Waals surface area contributed by atoms with Gasteiger partial charge in [0.25, 0.3) is 0 Å². The number of hydrogen-bond acceptors (Lipinski definition) is 5. The fraction of sp³-hybridized carbons (Fsp3) is 0.591. The van der Waals surface area contributed by atoms with Crippen molar-refractivity contribution in [1.82, 2.24) is 16.0 Å². The Balaban J connectivity index is 2.86. The molecule has 1 aromatic carbocycles. The van der Waals surface area contributed by atoms with Crippen LogP contribution in [0.3, 0.4) is 0 Å². The first-order valence-electron chi connectivity index (χ1n) is 10.6. The molecule has 9 heteroatoms. The van der Waals surface area contributed by atoms with Crippen molar-refractivity contribution >= 4 is 23.5 Å². The van der Waals surface area contributed by atoms with Crippen LogP contribution in [0.5, 0.6) is 0 Å². The van der Waals surface area contributed by atoms with E-state index in [-0.39, 0.29) is 23.8 Å². The third-order valence-electron chi connectivity index (χ3n) is 4.60. The molecule has 9 nitrogen and oxygen atoms in total. The summed E-state index contributed by atoms with van der Waals surface area (Å²) in [6.07, 6.45) is 0.837. The third kappa shape index (κ3) is 10.3. The smallest absolute Gasteiger partial charge is 0.312 e. The molecule has 0 aliphatic rings. The molecule has 4 amide bonds. The fourth-order valence-electron chi connectivity index (χ4n) is 3.06. The second-order valence-electron chi connectivity index (χ2n) is 8.16. The lowest BCUT2D eigenvalue weighted by Gasteiger charge is -2.27. The van der Waals surface area contributed by atoms with Crippen molar-refractivity contribution in [3.63, 3.8) is 0 Å². The maximum Gasteiger partial charge on any atom is 0.312 e. The van der Waals surface area contributed by atoms with E-state index in [4.69, 9.17) is 10.5 Å². The van der Waals surface area contributed by atoms with E-state index in [0.717, 1.165) is 5.56 Å². The van der Waals surface area contributed by atoms with Crippen molar-refractivity contribution in [2.45, 2.75) is 65.3 Å². The van der Waals surface area contributed by atoms with Crippen molar-refractivity contribution < 1.29 is 19.1 Å². The quantitative estimate of drug-likeness (QED) is 0.301. The number of carbonyl (C=O) groups excluding carboxylic acids is 3. The van der Waals surface area contributed by atoms with Crippen molar-refractivity contribution in [1.29, 1.82) is 0 Å². The van der Waals surface area contributed by atoms with Crippen LogP contribution in [0.1, 0.15) is 46.1 Å². The molecule has 174 valence electrons. The van der Waals surface area contributed by atoms with Crippen molar-refractivity contribution in [3.8, 4) is 0 Å². The average Bonchev–Trinajstić information content (AvgIpc) is 2.69. The minimum Gasteiger partial charge on any atom is -0.380 e. The van der Waals surface area contributed by atoms with Gasteiger partial charge in [-0.05, 0) is 36.5 Å². The number of benzene rings is 1. The highest BCUT2D eigenvalue weighted by atomic mass is 16.5. The summed E-state index contributed by atoms with van der Waals surface area (Å²) in [6, 6.07) is 5.63. The van der Waals surface area contributed by atoms with Crippen LogP contribution in [0.15, 0.2) is 24.3 Å². The molecule has 2 atom stereocenters. The van der Waals surface area contributed by atoms with Crippen LogP contribution < -0.4 is 27.0 Å². The summed E-state index contributed by atoms with van der Waals surface area (Å²) in [5, 5.41) is 11.5. The highest BCUT2D eigenvalue weighted by Crippen LogP contribution is 2.12. The number of nitrogens with one attached hydrogen (secondary N) is 4. The Kier molecular flexibility index (Phi) is 11.6. The molecule has 31 heavy (non-hydrogen) atoms. The molecule has 0 spiro atoms. The van der Waals surface area contributed by atoms with Crippen LogP contribution in [0.4, 0.5) is 10.5 Å². The zero-order valence-electron chi connectivity index (χ0n) is 19.2. The second-order valence-corrected chi connectivity index (χ2v) is 8.16. The first kappa shape index (κ1) is 26.4. The first-order chi connectivity index (χ1) is 14.6. The van der Waals surface area contributed by atoms with E-state index in [1.165, 1.54) is 0 Å². The topological polar surface area (TPSA) is 135 Å². The largest absolute Gasteiger partial charge is 0.380 e. The highest BCUT2D eigenvalue weighted by molar-refractivity contribution is 5.97. The number of hydrogen-bond donors (Lipinski definition) is 5. The summed E-state index contributed by atoms with van der Waals surface area (Å²) in [5.74, 6) is -0.503. The Morgan fingerprint density at radius 1 is 1.03 bits per heavy atom. The maximum absolute atomic E-state index is 12.9. The Bertz CT molecular complexity index is 706. The van der Waals surface area contributed by atoms with Gasteiger partial charge in [-0.3, -0.25) is 9.59 Å². The SMILES string of the molecule is COCc1ccc(NC(=O)C(CCCNC(N)=O)NC(=O)C(NC(C)C)C(C)C)cc1. The van der Waals surface area contributed by atoms with Crippen LogP contribution in [-0.4, -0.2) is 49.6 Å². The number of primary amides is 1. The molecular weight excluding hydrogens is 398 g/mol. The van der Waals surface area contributed by atoms with E-state index in [9.17, 15) is 14.4 Å². The molecule has 0 aliphatic carbocycles. The Hall–Kier alpha value is -2.65. The van der Waals surface area contributed by atoms with Gasteiger partial charge in [0, 0.05) is 25.4 Å². The van der Waals surface area contributed by atoms with Gasteiger partial charge in [0.1, 0.15) is 6.04 Å². The summed E-state index contributed by atoms with van der Waals surface area (Å²) in [6.45, 7) is 8.64. The van der Waals surface area contributed by atoms with E-state index in [0.29, 0.717) is 31.7 Å². The standard InChI is InChI=1S/C22H37N5O4/c1-14(2)19(25-15(3)4)21(29)27-18(7-6-12-24-22(23)30)20(28)26-17-10-8-16(9-11-17)13-31-5/h8-11,14-15,18-19,25H,6-7,12-13H2,1-5H3,(H,26,28)(H,27,29)(H3,23,24,30). The lowest BCUT2D eigenvalue weighted by Crippen LogP contribution is -2.54. The molecule has 0 aliphatic heterocycles. The Morgan fingerprint density at radius 3 is 2.19 bits per heavy atom. The van der Waals surface area contributed by atoms with E-state index >= 15 is 0 Å². The number of methoxy groups -OCH3 is 1. The molecule has 0 saturated heterocycles. The molecule has 1 aromatic rings. The third-order valence-corrected chi connectivity index (χ3v) is 4.60. The summed E-state index contributed by atoms with van der Waals surface area (Å²) >= 11 is 0. The van der Waals surface area contributed by atoms with E-state index < -0.39 is 18.1 Å². The Morgan fingerprint density at radius 2 is 1.68 bits per heavy atom. The van der Waals surface area contributed by atoms with Gasteiger partial charge in [-0.1, -0.05) is 39.8 Å². The highest BCUT2D eigenvalue weighted by Gasteiger charge is 2.27. The van der Waals surface area contributed by atoms with Gasteiger partial charge in [0.2, 0.25) is 11.8 Å². The molecule has 0 fully saturated rings. The number of ether oxygens (including phenoxy) is 1. The van der Waals surface area contributed by atoms with Gasteiger partial charge in [-0.2, -0.15) is 0 Å². The number of nitrogens with two attached hydrogens (primary N) is 1. The molecule has 0 radical (unpaired) electrons. The summed E-state index contributed by atoms with van der Waals surface area (Å²) in [5.41, 5.74) is 6.70. The number of rotatable bonds is 13. The van der Waals surface area contributed by atoms with Crippen molar-refractivity contribution in [2.24, 2.45) is 11.7 Å². The number of carbonyl (C=O) groups is 3. The normalized spacial score (nSPS) is 13.0. The van der Waals surface area contributed by atoms with Crippen LogP contribution in [-0.2, 0) is 20.9 Å². The van der Waals surface area contributed by atoms with E-state index in [2.05, 4.69) is 21.3 Å². The number of amides is 4. The van der Waals surface area contributed by atoms with Gasteiger partial charge in [-0.15, -0.1) is 0 Å². The minimum absolute atomic E-state index is 0.0518. The zero-order valence-corrected chi connectivity index (χ0v) is 19.2. The lowest BCUT2D eigenvalue weighted by atomic mass is 10.0. The Labute approximate surface area is 184 Å². The summed E-state index contributed by atoms with van der Waals surface area (Å²) in [7, 11) is 1.62. The molecule has 0 bridgehead atoms. The molecule has 0 heterocycles. The van der Waals surface area contributed by atoms with Gasteiger partial charge in [0.05, 0.1) is 12.6 Å². The van der Waals surface area contributed by atoms with Crippen LogP contribution >= 0.6 is 0 Å². The zero-order chi connectivity index (χ0) is 23.4. The van der Waals surface area contributed by atoms with E-state index in [1.807, 2.05) is 39.8 Å². The molecule has 0 aromatic heterocycles. The van der Waals surface area contributed by atoms with Crippen molar-refractivity contribution in [2.75, 3.05) is 19.0 Å². The summed E-state index contributed by atoms with van der Waals surface area (Å²) < 4.78 is 5.09. The van der Waals surface area contributed by atoms with Gasteiger partial charge >= 0.3 is 6.03 Å². The van der Waals surface area contributed by atoms with Gasteiger partial charge in [-0.25, -0.2) is 4.79 Å². The average molecular weight is 436 g/mol. The van der Waals surface area contributed by atoms with E-state index in [1.54, 1.807) is 19.2 Å². The molecule has 2 unspecified atom stereocenters. The van der Waals surface area contributed by atoms with Crippen molar-refractivity contribution in [3.05, 3.63) is 29.8 Å².